The average molecular weight is 296 g/mol. The van der Waals surface area contributed by atoms with Gasteiger partial charge in [-0.05, 0) is 12.1 Å². The fraction of sp³-hybridized carbons (Fsp3) is 0.400. The first kappa shape index (κ1) is 13.1. The van der Waals surface area contributed by atoms with Crippen molar-refractivity contribution in [3.63, 3.8) is 0 Å². The predicted octanol–water partition coefficient (Wildman–Crippen LogP) is 0.561. The van der Waals surface area contributed by atoms with E-state index in [2.05, 4.69) is 5.32 Å². The van der Waals surface area contributed by atoms with E-state index in [-0.39, 0.29) is 14.9 Å². The van der Waals surface area contributed by atoms with Crippen LogP contribution in [0.5, 0.6) is 0 Å². The van der Waals surface area contributed by atoms with Gasteiger partial charge in [-0.25, -0.2) is 8.42 Å². The van der Waals surface area contributed by atoms with Gasteiger partial charge in [0, 0.05) is 0 Å². The van der Waals surface area contributed by atoms with Crippen LogP contribution in [0.25, 0.3) is 0 Å². The summed E-state index contributed by atoms with van der Waals surface area (Å²) in [6, 6.07) is 4.66. The number of piperazine rings is 1. The number of sulfonamides is 1. The number of halogens is 2. The van der Waals surface area contributed by atoms with Crippen molar-refractivity contribution in [3.05, 3.63) is 28.2 Å². The Morgan fingerprint density at radius 2 is 1.82 bits per heavy atom. The van der Waals surface area contributed by atoms with Gasteiger partial charge in [-0.15, -0.1) is 0 Å². The Balaban J connectivity index is 2.40. The minimum atomic E-state index is -3.52. The SMILES string of the molecule is O=S(=O)(c1cccc(Cl)c1Cl)N1CC[NH2+]CC1. The Morgan fingerprint density at radius 3 is 2.47 bits per heavy atom. The first-order valence-corrected chi connectivity index (χ1v) is 7.49. The van der Waals surface area contributed by atoms with Gasteiger partial charge >= 0.3 is 0 Å². The van der Waals surface area contributed by atoms with Crippen LogP contribution in [0.4, 0.5) is 0 Å². The summed E-state index contributed by atoms with van der Waals surface area (Å²) >= 11 is 11.8. The summed E-state index contributed by atoms with van der Waals surface area (Å²) < 4.78 is 26.1. The fourth-order valence-electron chi connectivity index (χ4n) is 1.79. The van der Waals surface area contributed by atoms with E-state index in [4.69, 9.17) is 23.2 Å². The van der Waals surface area contributed by atoms with E-state index in [1.807, 2.05) is 0 Å². The third kappa shape index (κ3) is 2.58. The zero-order valence-corrected chi connectivity index (χ0v) is 11.4. The molecule has 0 atom stereocenters. The third-order valence-electron chi connectivity index (χ3n) is 2.70. The van der Waals surface area contributed by atoms with Gasteiger partial charge in [-0.3, -0.25) is 0 Å². The van der Waals surface area contributed by atoms with E-state index in [9.17, 15) is 8.42 Å². The van der Waals surface area contributed by atoms with Crippen LogP contribution >= 0.6 is 23.2 Å². The molecule has 94 valence electrons. The molecule has 2 rings (SSSR count). The molecule has 2 N–H and O–H groups in total. The van der Waals surface area contributed by atoms with Gasteiger partial charge in [0.25, 0.3) is 0 Å². The van der Waals surface area contributed by atoms with E-state index in [1.54, 1.807) is 12.1 Å². The zero-order valence-electron chi connectivity index (χ0n) is 9.07. The van der Waals surface area contributed by atoms with E-state index in [0.717, 1.165) is 13.1 Å². The van der Waals surface area contributed by atoms with E-state index < -0.39 is 10.0 Å². The Kier molecular flexibility index (Phi) is 3.95. The molecule has 1 aliphatic rings. The van der Waals surface area contributed by atoms with Crippen molar-refractivity contribution in [2.45, 2.75) is 4.90 Å². The summed E-state index contributed by atoms with van der Waals surface area (Å²) in [5, 5.41) is 2.45. The minimum absolute atomic E-state index is 0.0913. The standard InChI is InChI=1S/C10H12Cl2N2O2S/c11-8-2-1-3-9(10(8)12)17(15,16)14-6-4-13-5-7-14/h1-3,13H,4-7H2/p+1. The summed E-state index contributed by atoms with van der Waals surface area (Å²) in [5.41, 5.74) is 0. The van der Waals surface area contributed by atoms with E-state index in [1.165, 1.54) is 10.4 Å². The number of nitrogens with two attached hydrogens (primary N) is 1. The third-order valence-corrected chi connectivity index (χ3v) is 5.57. The summed E-state index contributed by atoms with van der Waals surface area (Å²) in [6.45, 7) is 2.56. The van der Waals surface area contributed by atoms with Crippen LogP contribution in [0.3, 0.4) is 0 Å². The second-order valence-corrected chi connectivity index (χ2v) is 6.51. The maximum atomic E-state index is 12.3. The molecule has 0 unspecified atom stereocenters. The van der Waals surface area contributed by atoms with Gasteiger partial charge in [-0.1, -0.05) is 29.3 Å². The van der Waals surface area contributed by atoms with Gasteiger partial charge < -0.3 is 5.32 Å². The van der Waals surface area contributed by atoms with Crippen molar-refractivity contribution < 1.29 is 13.7 Å². The Morgan fingerprint density at radius 1 is 1.18 bits per heavy atom. The molecule has 0 aromatic heterocycles. The Bertz CT molecular complexity index is 513. The van der Waals surface area contributed by atoms with Crippen molar-refractivity contribution in [2.24, 2.45) is 0 Å². The molecule has 0 bridgehead atoms. The van der Waals surface area contributed by atoms with Crippen LogP contribution in [0.2, 0.25) is 10.0 Å². The molecule has 1 fully saturated rings. The highest BCUT2D eigenvalue weighted by Crippen LogP contribution is 2.30. The number of hydrogen-bond acceptors (Lipinski definition) is 2. The number of rotatable bonds is 2. The highest BCUT2D eigenvalue weighted by Gasteiger charge is 2.29. The zero-order chi connectivity index (χ0) is 12.5. The molecule has 0 saturated carbocycles. The maximum absolute atomic E-state index is 12.3. The van der Waals surface area contributed by atoms with Gasteiger partial charge in [0.2, 0.25) is 10.0 Å². The predicted molar refractivity (Wildman–Crippen MR) is 66.9 cm³/mol. The van der Waals surface area contributed by atoms with Crippen molar-refractivity contribution in [1.29, 1.82) is 0 Å². The molecule has 0 radical (unpaired) electrons. The Labute approximate surface area is 111 Å². The van der Waals surface area contributed by atoms with Crippen LogP contribution < -0.4 is 5.32 Å². The number of quaternary nitrogens is 1. The summed E-state index contributed by atoms with van der Waals surface area (Å²) in [5.74, 6) is 0. The first-order chi connectivity index (χ1) is 8.03. The van der Waals surface area contributed by atoms with Crippen LogP contribution in [0, 0.1) is 0 Å². The van der Waals surface area contributed by atoms with Crippen molar-refractivity contribution >= 4 is 33.2 Å². The first-order valence-electron chi connectivity index (χ1n) is 5.29. The lowest BCUT2D eigenvalue weighted by atomic mass is 10.4. The van der Waals surface area contributed by atoms with E-state index in [0.29, 0.717) is 13.1 Å². The lowest BCUT2D eigenvalue weighted by Crippen LogP contribution is -2.89. The van der Waals surface area contributed by atoms with Crippen LogP contribution in [0.15, 0.2) is 23.1 Å². The van der Waals surface area contributed by atoms with Crippen molar-refractivity contribution in [3.8, 4) is 0 Å². The maximum Gasteiger partial charge on any atom is 0.245 e. The minimum Gasteiger partial charge on any atom is -0.344 e. The summed E-state index contributed by atoms with van der Waals surface area (Å²) in [4.78, 5) is 0.0913. The molecular formula is C10H13Cl2N2O2S+. The second-order valence-electron chi connectivity index (χ2n) is 3.82. The van der Waals surface area contributed by atoms with Crippen molar-refractivity contribution in [1.82, 2.24) is 4.31 Å². The van der Waals surface area contributed by atoms with Crippen LogP contribution in [-0.2, 0) is 10.0 Å². The lowest BCUT2D eigenvalue weighted by Gasteiger charge is -2.25. The Hall–Kier alpha value is -0.330. The summed E-state index contributed by atoms with van der Waals surface area (Å²) in [7, 11) is -3.52. The van der Waals surface area contributed by atoms with Gasteiger partial charge in [0.1, 0.15) is 4.90 Å². The number of nitrogens with zero attached hydrogens (tertiary/aromatic N) is 1. The number of benzene rings is 1. The van der Waals surface area contributed by atoms with Gasteiger partial charge in [0.15, 0.2) is 0 Å². The highest BCUT2D eigenvalue weighted by atomic mass is 35.5. The molecule has 0 aliphatic carbocycles. The van der Waals surface area contributed by atoms with Crippen LogP contribution in [-0.4, -0.2) is 38.9 Å². The number of hydrogen-bond donors (Lipinski definition) is 1. The van der Waals surface area contributed by atoms with Gasteiger partial charge in [0.05, 0.1) is 36.2 Å². The molecule has 1 saturated heterocycles. The molecule has 0 spiro atoms. The van der Waals surface area contributed by atoms with Gasteiger partial charge in [-0.2, -0.15) is 4.31 Å². The summed E-state index contributed by atoms with van der Waals surface area (Å²) in [6.07, 6.45) is 0. The molecule has 1 heterocycles. The highest BCUT2D eigenvalue weighted by molar-refractivity contribution is 7.89. The lowest BCUT2D eigenvalue weighted by molar-refractivity contribution is -0.661. The normalized spacial score (nSPS) is 18.2. The van der Waals surface area contributed by atoms with E-state index >= 15 is 0 Å². The molecular weight excluding hydrogens is 283 g/mol. The smallest absolute Gasteiger partial charge is 0.245 e. The molecule has 1 aliphatic heterocycles. The van der Waals surface area contributed by atoms with Crippen molar-refractivity contribution in [2.75, 3.05) is 26.2 Å². The van der Waals surface area contributed by atoms with Crippen LogP contribution in [0.1, 0.15) is 0 Å². The molecule has 1 aromatic carbocycles. The molecule has 7 heteroatoms. The largest absolute Gasteiger partial charge is 0.344 e. The molecule has 17 heavy (non-hydrogen) atoms. The molecule has 0 amide bonds. The second kappa shape index (κ2) is 5.12. The molecule has 1 aromatic rings. The topological polar surface area (TPSA) is 54.0 Å². The fourth-order valence-corrected chi connectivity index (χ4v) is 4.00. The quantitative estimate of drug-likeness (QED) is 0.867. The molecule has 4 nitrogen and oxygen atoms in total. The monoisotopic (exact) mass is 295 g/mol. The average Bonchev–Trinajstić information content (AvgIpc) is 2.33.